The van der Waals surface area contributed by atoms with Crippen LogP contribution in [0.4, 0.5) is 0 Å². The van der Waals surface area contributed by atoms with Crippen molar-refractivity contribution in [1.82, 2.24) is 14.8 Å². The first-order valence-corrected chi connectivity index (χ1v) is 7.13. The minimum atomic E-state index is 0.682. The molecule has 0 amide bonds. The van der Waals surface area contributed by atoms with Gasteiger partial charge in [0.05, 0.1) is 16.9 Å². The van der Waals surface area contributed by atoms with Crippen LogP contribution >= 0.6 is 0 Å². The molecule has 0 atom stereocenters. The van der Waals surface area contributed by atoms with E-state index in [1.165, 1.54) is 0 Å². The Labute approximate surface area is 129 Å². The number of hydrogen-bond donors (Lipinski definition) is 0. The summed E-state index contributed by atoms with van der Waals surface area (Å²) in [7, 11) is 0. The zero-order chi connectivity index (χ0) is 15.5. The molecule has 0 fully saturated rings. The van der Waals surface area contributed by atoms with E-state index >= 15 is 0 Å². The molecule has 2 aromatic heterocycles. The molecule has 22 heavy (non-hydrogen) atoms. The number of pyridine rings is 1. The number of aryl methyl sites for hydroxylation is 2. The Morgan fingerprint density at radius 1 is 1.18 bits per heavy atom. The van der Waals surface area contributed by atoms with Crippen LogP contribution in [0.1, 0.15) is 28.1 Å². The molecule has 1 aromatic carbocycles. The molecule has 0 bridgehead atoms. The number of nitriles is 1. The zero-order valence-electron chi connectivity index (χ0n) is 12.6. The molecule has 0 aliphatic rings. The van der Waals surface area contributed by atoms with Crippen molar-refractivity contribution in [2.75, 3.05) is 0 Å². The largest absolute Gasteiger partial charge is 0.257 e. The van der Waals surface area contributed by atoms with Gasteiger partial charge in [-0.25, -0.2) is 4.68 Å². The quantitative estimate of drug-likeness (QED) is 0.742. The summed E-state index contributed by atoms with van der Waals surface area (Å²) in [5.74, 6) is 0. The van der Waals surface area contributed by atoms with Gasteiger partial charge >= 0.3 is 0 Å². The summed E-state index contributed by atoms with van der Waals surface area (Å²) in [5, 5.41) is 13.6. The molecule has 4 heteroatoms. The van der Waals surface area contributed by atoms with E-state index in [2.05, 4.69) is 28.3 Å². The molecule has 0 unspecified atom stereocenters. The molecule has 0 saturated heterocycles. The number of benzene rings is 1. The summed E-state index contributed by atoms with van der Waals surface area (Å²) >= 11 is 0. The third kappa shape index (κ3) is 2.75. The highest BCUT2D eigenvalue weighted by Crippen LogP contribution is 2.18. The van der Waals surface area contributed by atoms with Crippen LogP contribution in [0.15, 0.2) is 48.8 Å². The van der Waals surface area contributed by atoms with Crippen LogP contribution in [0.5, 0.6) is 0 Å². The van der Waals surface area contributed by atoms with Crippen molar-refractivity contribution in [2.45, 2.75) is 20.3 Å². The summed E-state index contributed by atoms with van der Waals surface area (Å²) in [6, 6.07) is 14.4. The molecular weight excluding hydrogens is 272 g/mol. The second kappa shape index (κ2) is 5.82. The average Bonchev–Trinajstić information content (AvgIpc) is 3.02. The smallest absolute Gasteiger partial charge is 0.101 e. The third-order valence-electron chi connectivity index (χ3n) is 3.62. The molecule has 2 heterocycles. The van der Waals surface area contributed by atoms with Crippen molar-refractivity contribution in [3.05, 3.63) is 76.9 Å². The molecule has 3 rings (SSSR count). The van der Waals surface area contributed by atoms with Crippen LogP contribution in [0.25, 0.3) is 5.69 Å². The third-order valence-corrected chi connectivity index (χ3v) is 3.62. The lowest BCUT2D eigenvalue weighted by molar-refractivity contribution is 0.879. The standard InChI is InChI=1S/C18H16N4/c1-13-10-16(18(12-19)14(2)21-13)11-15-4-6-17(7-5-15)22-9-3-8-20-22/h3-10H,11H2,1-2H3. The van der Waals surface area contributed by atoms with Gasteiger partial charge in [-0.3, -0.25) is 4.98 Å². The fourth-order valence-electron chi connectivity index (χ4n) is 2.61. The maximum Gasteiger partial charge on any atom is 0.101 e. The molecule has 0 N–H and O–H groups in total. The van der Waals surface area contributed by atoms with Crippen molar-refractivity contribution in [3.8, 4) is 11.8 Å². The summed E-state index contributed by atoms with van der Waals surface area (Å²) in [6.45, 7) is 3.84. The fourth-order valence-corrected chi connectivity index (χ4v) is 2.61. The number of aromatic nitrogens is 3. The second-order valence-electron chi connectivity index (χ2n) is 5.29. The van der Waals surface area contributed by atoms with Crippen molar-refractivity contribution >= 4 is 0 Å². The molecular formula is C18H16N4. The Morgan fingerprint density at radius 3 is 2.59 bits per heavy atom. The molecule has 0 aliphatic heterocycles. The van der Waals surface area contributed by atoms with Gasteiger partial charge in [0.25, 0.3) is 0 Å². The lowest BCUT2D eigenvalue weighted by Crippen LogP contribution is -2.00. The van der Waals surface area contributed by atoms with Crippen LogP contribution in [-0.2, 0) is 6.42 Å². The Morgan fingerprint density at radius 2 is 1.95 bits per heavy atom. The first-order chi connectivity index (χ1) is 10.7. The molecule has 3 aromatic rings. The van der Waals surface area contributed by atoms with E-state index in [0.717, 1.165) is 34.6 Å². The number of nitrogens with zero attached hydrogens (tertiary/aromatic N) is 4. The first-order valence-electron chi connectivity index (χ1n) is 7.13. The molecule has 0 saturated carbocycles. The van der Waals surface area contributed by atoms with E-state index < -0.39 is 0 Å². The summed E-state index contributed by atoms with van der Waals surface area (Å²) < 4.78 is 1.82. The van der Waals surface area contributed by atoms with Crippen LogP contribution in [0, 0.1) is 25.2 Å². The minimum absolute atomic E-state index is 0.682. The van der Waals surface area contributed by atoms with Crippen molar-refractivity contribution in [3.63, 3.8) is 0 Å². The van der Waals surface area contributed by atoms with E-state index in [1.54, 1.807) is 6.20 Å². The molecule has 0 radical (unpaired) electrons. The number of hydrogen-bond acceptors (Lipinski definition) is 3. The van der Waals surface area contributed by atoms with Gasteiger partial charge in [0, 0.05) is 18.1 Å². The SMILES string of the molecule is Cc1cc(Cc2ccc(-n3cccn3)cc2)c(C#N)c(C)n1. The highest BCUT2D eigenvalue weighted by atomic mass is 15.3. The summed E-state index contributed by atoms with van der Waals surface area (Å²) in [6.07, 6.45) is 4.40. The maximum atomic E-state index is 9.34. The van der Waals surface area contributed by atoms with E-state index in [0.29, 0.717) is 5.56 Å². The van der Waals surface area contributed by atoms with Gasteiger partial charge in [0.15, 0.2) is 0 Å². The van der Waals surface area contributed by atoms with Crippen LogP contribution in [0.3, 0.4) is 0 Å². The van der Waals surface area contributed by atoms with Gasteiger partial charge < -0.3 is 0 Å². The van der Waals surface area contributed by atoms with Crippen molar-refractivity contribution in [1.29, 1.82) is 5.26 Å². The molecule has 108 valence electrons. The Bertz CT molecular complexity index is 825. The first kappa shape index (κ1) is 14.0. The number of rotatable bonds is 3. The highest BCUT2D eigenvalue weighted by molar-refractivity contribution is 5.45. The Kier molecular flexibility index (Phi) is 3.71. The van der Waals surface area contributed by atoms with E-state index in [4.69, 9.17) is 0 Å². The summed E-state index contributed by atoms with van der Waals surface area (Å²) in [4.78, 5) is 4.36. The fraction of sp³-hybridized carbons (Fsp3) is 0.167. The predicted octanol–water partition coefficient (Wildman–Crippen LogP) is 3.35. The predicted molar refractivity (Wildman–Crippen MR) is 84.8 cm³/mol. The Hall–Kier alpha value is -2.93. The zero-order valence-corrected chi connectivity index (χ0v) is 12.6. The lowest BCUT2D eigenvalue weighted by Gasteiger charge is -2.09. The van der Waals surface area contributed by atoms with Crippen LogP contribution < -0.4 is 0 Å². The van der Waals surface area contributed by atoms with Crippen molar-refractivity contribution < 1.29 is 0 Å². The lowest BCUT2D eigenvalue weighted by atomic mass is 9.99. The highest BCUT2D eigenvalue weighted by Gasteiger charge is 2.09. The van der Waals surface area contributed by atoms with Gasteiger partial charge in [-0.15, -0.1) is 0 Å². The van der Waals surface area contributed by atoms with E-state index in [9.17, 15) is 5.26 Å². The average molecular weight is 288 g/mol. The van der Waals surface area contributed by atoms with E-state index in [-0.39, 0.29) is 0 Å². The minimum Gasteiger partial charge on any atom is -0.257 e. The summed E-state index contributed by atoms with van der Waals surface area (Å²) in [5.41, 5.74) is 5.64. The van der Waals surface area contributed by atoms with Gasteiger partial charge in [-0.2, -0.15) is 10.4 Å². The maximum absolute atomic E-state index is 9.34. The van der Waals surface area contributed by atoms with Gasteiger partial charge in [0.1, 0.15) is 6.07 Å². The van der Waals surface area contributed by atoms with E-state index in [1.807, 2.05) is 49.0 Å². The normalized spacial score (nSPS) is 10.4. The van der Waals surface area contributed by atoms with Gasteiger partial charge in [-0.05, 0) is 55.7 Å². The molecule has 0 aliphatic carbocycles. The second-order valence-corrected chi connectivity index (χ2v) is 5.29. The Balaban J connectivity index is 1.90. The molecule has 0 spiro atoms. The van der Waals surface area contributed by atoms with Crippen LogP contribution in [0.2, 0.25) is 0 Å². The topological polar surface area (TPSA) is 54.5 Å². The van der Waals surface area contributed by atoms with Gasteiger partial charge in [-0.1, -0.05) is 12.1 Å². The van der Waals surface area contributed by atoms with Crippen molar-refractivity contribution in [2.24, 2.45) is 0 Å². The monoisotopic (exact) mass is 288 g/mol. The van der Waals surface area contributed by atoms with Crippen LogP contribution in [-0.4, -0.2) is 14.8 Å². The van der Waals surface area contributed by atoms with Gasteiger partial charge in [0.2, 0.25) is 0 Å². The molecule has 4 nitrogen and oxygen atoms in total.